The summed E-state index contributed by atoms with van der Waals surface area (Å²) in [6.45, 7) is 3.60. The topological polar surface area (TPSA) is 80.6 Å². The summed E-state index contributed by atoms with van der Waals surface area (Å²) in [4.78, 5) is 22.8. The molecular formula is C23H29N3O4. The number of fused-ring (bicyclic) bond motifs is 1. The zero-order chi connectivity index (χ0) is 21.1. The third-order valence-electron chi connectivity index (χ3n) is 5.84. The maximum absolute atomic E-state index is 12.7. The van der Waals surface area contributed by atoms with Crippen molar-refractivity contribution in [3.05, 3.63) is 52.0 Å². The van der Waals surface area contributed by atoms with Gasteiger partial charge in [0.15, 0.2) is 11.5 Å². The number of hydrogen-bond donors (Lipinski definition) is 1. The Morgan fingerprint density at radius 3 is 2.70 bits per heavy atom. The van der Waals surface area contributed by atoms with Gasteiger partial charge in [-0.2, -0.15) is 0 Å². The van der Waals surface area contributed by atoms with Crippen LogP contribution in [0.1, 0.15) is 56.0 Å². The number of rotatable bonds is 6. The molecule has 4 rings (SSSR count). The average Bonchev–Trinajstić information content (AvgIpc) is 3.12. The number of furan rings is 1. The fourth-order valence-electron chi connectivity index (χ4n) is 4.22. The first-order valence-electron chi connectivity index (χ1n) is 10.6. The van der Waals surface area contributed by atoms with E-state index in [1.54, 1.807) is 26.4 Å². The Morgan fingerprint density at radius 1 is 1.17 bits per heavy atom. The monoisotopic (exact) mass is 411 g/mol. The Hall–Kier alpha value is -2.80. The summed E-state index contributed by atoms with van der Waals surface area (Å²) < 4.78 is 16.8. The van der Waals surface area contributed by atoms with Crippen LogP contribution in [0.5, 0.6) is 11.5 Å². The summed E-state index contributed by atoms with van der Waals surface area (Å²) in [5.41, 5.74) is 0.428. The molecule has 1 aromatic carbocycles. The minimum absolute atomic E-state index is 0.173. The fourth-order valence-corrected chi connectivity index (χ4v) is 4.22. The van der Waals surface area contributed by atoms with E-state index < -0.39 is 0 Å². The summed E-state index contributed by atoms with van der Waals surface area (Å²) >= 11 is 0. The highest BCUT2D eigenvalue weighted by Crippen LogP contribution is 2.33. The quantitative estimate of drug-likeness (QED) is 0.654. The van der Waals surface area contributed by atoms with Crippen LogP contribution in [0.2, 0.25) is 0 Å². The number of nitrogens with zero attached hydrogens (tertiary/aromatic N) is 2. The molecule has 1 fully saturated rings. The van der Waals surface area contributed by atoms with Crippen molar-refractivity contribution in [1.29, 1.82) is 0 Å². The zero-order valence-corrected chi connectivity index (χ0v) is 17.9. The molecule has 3 aromatic rings. The Labute approximate surface area is 176 Å². The molecule has 1 unspecified atom stereocenters. The van der Waals surface area contributed by atoms with Crippen molar-refractivity contribution >= 4 is 10.9 Å². The highest BCUT2D eigenvalue weighted by atomic mass is 16.5. The van der Waals surface area contributed by atoms with Crippen LogP contribution in [0.4, 0.5) is 0 Å². The van der Waals surface area contributed by atoms with Crippen LogP contribution in [0, 0.1) is 0 Å². The third-order valence-corrected chi connectivity index (χ3v) is 5.84. The van der Waals surface area contributed by atoms with Gasteiger partial charge in [-0.3, -0.25) is 9.69 Å². The molecule has 7 heteroatoms. The molecule has 30 heavy (non-hydrogen) atoms. The van der Waals surface area contributed by atoms with Gasteiger partial charge in [-0.05, 0) is 37.6 Å². The summed E-state index contributed by atoms with van der Waals surface area (Å²) in [6.07, 6.45) is 5.42. The minimum Gasteiger partial charge on any atom is -0.493 e. The van der Waals surface area contributed by atoms with Gasteiger partial charge < -0.3 is 18.9 Å². The molecule has 0 saturated carbocycles. The number of benzene rings is 1. The summed E-state index contributed by atoms with van der Waals surface area (Å²) in [5, 5.41) is 0.488. The van der Waals surface area contributed by atoms with Crippen LogP contribution in [-0.4, -0.2) is 35.6 Å². The number of aromatic amines is 1. The predicted molar refractivity (Wildman–Crippen MR) is 115 cm³/mol. The molecular weight excluding hydrogens is 382 g/mol. The lowest BCUT2D eigenvalue weighted by Crippen LogP contribution is -2.29. The second kappa shape index (κ2) is 8.92. The van der Waals surface area contributed by atoms with Crippen molar-refractivity contribution in [2.75, 3.05) is 20.8 Å². The lowest BCUT2D eigenvalue weighted by atomic mass is 10.1. The standard InChI is InChI=1S/C23H29N3O4/c1-4-15-9-10-19(30-15)18-8-6-5-7-11-26(18)14-22-24-17-13-21(29-3)20(28-2)12-16(17)23(27)25-22/h9-10,12-13,18H,4-8,11,14H2,1-3H3,(H,24,25,27). The van der Waals surface area contributed by atoms with Crippen LogP contribution < -0.4 is 15.0 Å². The molecule has 1 saturated heterocycles. The van der Waals surface area contributed by atoms with Gasteiger partial charge in [-0.1, -0.05) is 19.8 Å². The normalized spacial score (nSPS) is 17.8. The van der Waals surface area contributed by atoms with Crippen LogP contribution >= 0.6 is 0 Å². The highest BCUT2D eigenvalue weighted by molar-refractivity contribution is 5.81. The molecule has 0 bridgehead atoms. The van der Waals surface area contributed by atoms with E-state index in [-0.39, 0.29) is 11.6 Å². The minimum atomic E-state index is -0.173. The summed E-state index contributed by atoms with van der Waals surface area (Å²) in [7, 11) is 3.13. The number of H-pyrrole nitrogens is 1. The van der Waals surface area contributed by atoms with Crippen LogP contribution in [0.25, 0.3) is 10.9 Å². The Morgan fingerprint density at radius 2 is 1.97 bits per heavy atom. The van der Waals surface area contributed by atoms with Gasteiger partial charge in [-0.25, -0.2) is 4.98 Å². The van der Waals surface area contributed by atoms with E-state index in [1.165, 1.54) is 12.8 Å². The molecule has 0 spiro atoms. The SMILES string of the molecule is CCc1ccc(C2CCCCCN2Cc2nc3cc(OC)c(OC)cc3c(=O)[nH]2)o1. The summed E-state index contributed by atoms with van der Waals surface area (Å²) in [6, 6.07) is 7.78. The maximum atomic E-state index is 12.7. The number of aromatic nitrogens is 2. The molecule has 1 aliphatic heterocycles. The number of nitrogens with one attached hydrogen (secondary N) is 1. The maximum Gasteiger partial charge on any atom is 0.258 e. The molecule has 3 heterocycles. The van der Waals surface area contributed by atoms with Crippen molar-refractivity contribution in [1.82, 2.24) is 14.9 Å². The molecule has 160 valence electrons. The zero-order valence-electron chi connectivity index (χ0n) is 17.9. The number of ether oxygens (including phenoxy) is 2. The molecule has 0 amide bonds. The Balaban J connectivity index is 1.67. The van der Waals surface area contributed by atoms with Crippen molar-refractivity contribution in [2.45, 2.75) is 51.6 Å². The third kappa shape index (κ3) is 4.07. The lowest BCUT2D eigenvalue weighted by molar-refractivity contribution is 0.164. The van der Waals surface area contributed by atoms with Crippen molar-refractivity contribution < 1.29 is 13.9 Å². The summed E-state index contributed by atoms with van der Waals surface area (Å²) in [5.74, 6) is 3.73. The van der Waals surface area contributed by atoms with Gasteiger partial charge >= 0.3 is 0 Å². The van der Waals surface area contributed by atoms with Crippen molar-refractivity contribution in [2.24, 2.45) is 0 Å². The second-order valence-electron chi connectivity index (χ2n) is 7.73. The average molecular weight is 412 g/mol. The van der Waals surface area contributed by atoms with Crippen molar-refractivity contribution in [3.63, 3.8) is 0 Å². The van der Waals surface area contributed by atoms with Gasteiger partial charge in [0.2, 0.25) is 0 Å². The van der Waals surface area contributed by atoms with Gasteiger partial charge in [0.25, 0.3) is 5.56 Å². The molecule has 0 aliphatic carbocycles. The predicted octanol–water partition coefficient (Wildman–Crippen LogP) is 4.21. The van der Waals surface area contributed by atoms with Crippen LogP contribution in [0.15, 0.2) is 33.5 Å². The van der Waals surface area contributed by atoms with Crippen LogP contribution in [0.3, 0.4) is 0 Å². The smallest absolute Gasteiger partial charge is 0.258 e. The van der Waals surface area contributed by atoms with Gasteiger partial charge in [0.05, 0.1) is 37.7 Å². The molecule has 1 aliphatic rings. The fraction of sp³-hybridized carbons (Fsp3) is 0.478. The van der Waals surface area contributed by atoms with Gasteiger partial charge in [0.1, 0.15) is 17.3 Å². The highest BCUT2D eigenvalue weighted by Gasteiger charge is 2.26. The van der Waals surface area contributed by atoms with E-state index in [0.29, 0.717) is 34.8 Å². The first-order chi connectivity index (χ1) is 14.6. The van der Waals surface area contributed by atoms with Crippen molar-refractivity contribution in [3.8, 4) is 11.5 Å². The van der Waals surface area contributed by atoms with E-state index in [2.05, 4.69) is 28.9 Å². The first-order valence-corrected chi connectivity index (χ1v) is 10.6. The molecule has 7 nitrogen and oxygen atoms in total. The second-order valence-corrected chi connectivity index (χ2v) is 7.73. The van der Waals surface area contributed by atoms with E-state index in [4.69, 9.17) is 18.9 Å². The molecule has 0 radical (unpaired) electrons. The van der Waals surface area contributed by atoms with Gasteiger partial charge in [0, 0.05) is 12.5 Å². The number of methoxy groups -OCH3 is 2. The Kier molecular flexibility index (Phi) is 6.08. The molecule has 1 atom stereocenters. The lowest BCUT2D eigenvalue weighted by Gasteiger charge is -2.28. The molecule has 2 aromatic heterocycles. The van der Waals surface area contributed by atoms with E-state index in [9.17, 15) is 4.79 Å². The van der Waals surface area contributed by atoms with Crippen LogP contribution in [-0.2, 0) is 13.0 Å². The Bertz CT molecular complexity index is 1070. The molecule has 1 N–H and O–H groups in total. The number of likely N-dealkylation sites (tertiary alicyclic amines) is 1. The first kappa shape index (κ1) is 20.5. The largest absolute Gasteiger partial charge is 0.493 e. The van der Waals surface area contributed by atoms with E-state index >= 15 is 0 Å². The van der Waals surface area contributed by atoms with Gasteiger partial charge in [-0.15, -0.1) is 0 Å². The van der Waals surface area contributed by atoms with E-state index in [1.807, 2.05) is 0 Å². The number of hydrogen-bond acceptors (Lipinski definition) is 6. The number of aryl methyl sites for hydroxylation is 1. The van der Waals surface area contributed by atoms with E-state index in [0.717, 1.165) is 37.3 Å².